The van der Waals surface area contributed by atoms with Crippen molar-refractivity contribution >= 4 is 28.9 Å². The number of pyridine rings is 1. The first-order valence-electron chi connectivity index (χ1n) is 5.61. The molecule has 3 aromatic rings. The first kappa shape index (κ1) is 13.6. The molecule has 3 rings (SSSR count). The molecule has 0 aliphatic carbocycles. The van der Waals surface area contributed by atoms with E-state index in [0.717, 1.165) is 24.0 Å². The largest absolute Gasteiger partial charge is 0.417 e. The van der Waals surface area contributed by atoms with Crippen LogP contribution in [0.1, 0.15) is 5.56 Å². The molecule has 0 unspecified atom stereocenters. The molecule has 0 aliphatic rings. The molecule has 0 saturated carbocycles. The van der Waals surface area contributed by atoms with Crippen molar-refractivity contribution in [2.45, 2.75) is 16.2 Å². The number of nitrogens with zero attached hydrogens (tertiary/aromatic N) is 4. The molecule has 0 spiro atoms. The van der Waals surface area contributed by atoms with Crippen LogP contribution in [0, 0.1) is 0 Å². The lowest BCUT2D eigenvalue weighted by Gasteiger charge is -2.06. The van der Waals surface area contributed by atoms with Gasteiger partial charge in [-0.1, -0.05) is 0 Å². The maximum Gasteiger partial charge on any atom is 0.417 e. The zero-order valence-electron chi connectivity index (χ0n) is 10.2. The molecule has 21 heavy (non-hydrogen) atoms. The Kier molecular flexibility index (Phi) is 3.16. The van der Waals surface area contributed by atoms with Crippen LogP contribution in [0.25, 0.3) is 11.2 Å². The highest BCUT2D eigenvalue weighted by atomic mass is 32.2. The van der Waals surface area contributed by atoms with Crippen molar-refractivity contribution < 1.29 is 13.2 Å². The summed E-state index contributed by atoms with van der Waals surface area (Å²) in [5.74, 6) is 0.0315. The van der Waals surface area contributed by atoms with Gasteiger partial charge in [0.1, 0.15) is 15.6 Å². The molecule has 3 N–H and O–H groups in total. The third kappa shape index (κ3) is 2.75. The zero-order chi connectivity index (χ0) is 15.0. The molecule has 3 aromatic heterocycles. The molecule has 10 heteroatoms. The quantitative estimate of drug-likeness (QED) is 0.706. The molecule has 0 saturated heterocycles. The number of nitrogen functional groups attached to an aromatic ring is 1. The smallest absolute Gasteiger partial charge is 0.368 e. The van der Waals surface area contributed by atoms with Crippen molar-refractivity contribution in [1.29, 1.82) is 0 Å². The SMILES string of the molecule is Nc1nc(Sc2ccc(C(F)(F)F)cn2)c2[nH]cnc2n1. The van der Waals surface area contributed by atoms with Crippen LogP contribution in [-0.2, 0) is 6.18 Å². The summed E-state index contributed by atoms with van der Waals surface area (Å²) in [5, 5.41) is 0.805. The van der Waals surface area contributed by atoms with Gasteiger partial charge in [0.15, 0.2) is 5.65 Å². The summed E-state index contributed by atoms with van der Waals surface area (Å²) >= 11 is 1.07. The standard InChI is InChI=1S/C11H7F3N6S/c12-11(13,14)5-1-2-6(16-3-5)21-9-7-8(18-4-17-7)19-10(15)20-9/h1-4H,(H3,15,17,18,19,20). The van der Waals surface area contributed by atoms with Gasteiger partial charge >= 0.3 is 6.18 Å². The Morgan fingerprint density at radius 1 is 1.14 bits per heavy atom. The first-order valence-corrected chi connectivity index (χ1v) is 6.43. The monoisotopic (exact) mass is 312 g/mol. The lowest BCUT2D eigenvalue weighted by molar-refractivity contribution is -0.137. The van der Waals surface area contributed by atoms with Crippen molar-refractivity contribution in [3.63, 3.8) is 0 Å². The molecule has 0 amide bonds. The Bertz CT molecular complexity index is 783. The van der Waals surface area contributed by atoms with Crippen LogP contribution in [0.3, 0.4) is 0 Å². The number of imidazole rings is 1. The lowest BCUT2D eigenvalue weighted by atomic mass is 10.3. The Balaban J connectivity index is 1.93. The summed E-state index contributed by atoms with van der Waals surface area (Å²) in [6.45, 7) is 0. The fraction of sp³-hybridized carbons (Fsp3) is 0.0909. The average molecular weight is 312 g/mol. The van der Waals surface area contributed by atoms with E-state index < -0.39 is 11.7 Å². The summed E-state index contributed by atoms with van der Waals surface area (Å²) in [5.41, 5.74) is 5.69. The third-order valence-corrected chi connectivity index (χ3v) is 3.47. The minimum absolute atomic E-state index is 0.0315. The number of rotatable bonds is 2. The fourth-order valence-corrected chi connectivity index (χ4v) is 2.43. The number of aromatic amines is 1. The maximum absolute atomic E-state index is 12.5. The van der Waals surface area contributed by atoms with E-state index in [4.69, 9.17) is 5.73 Å². The molecule has 0 bridgehead atoms. The highest BCUT2D eigenvalue weighted by Gasteiger charge is 2.30. The Morgan fingerprint density at radius 2 is 1.95 bits per heavy atom. The van der Waals surface area contributed by atoms with E-state index in [1.54, 1.807) is 0 Å². The van der Waals surface area contributed by atoms with Gasteiger partial charge in [-0.3, -0.25) is 0 Å². The minimum Gasteiger partial charge on any atom is -0.368 e. The molecule has 108 valence electrons. The highest BCUT2D eigenvalue weighted by Crippen LogP contribution is 2.32. The summed E-state index contributed by atoms with van der Waals surface area (Å²) in [4.78, 5) is 18.5. The molecule has 0 radical (unpaired) electrons. The maximum atomic E-state index is 12.5. The molecule has 6 nitrogen and oxygen atoms in total. The van der Waals surface area contributed by atoms with Crippen molar-refractivity contribution in [2.24, 2.45) is 0 Å². The number of alkyl halides is 3. The second-order valence-corrected chi connectivity index (χ2v) is 4.98. The Labute approximate surface area is 120 Å². The van der Waals surface area contributed by atoms with Crippen LogP contribution in [0.2, 0.25) is 0 Å². The van der Waals surface area contributed by atoms with Crippen LogP contribution in [0.5, 0.6) is 0 Å². The third-order valence-electron chi connectivity index (χ3n) is 2.53. The Hall–Kier alpha value is -2.36. The number of H-pyrrole nitrogens is 1. The second kappa shape index (κ2) is 4.88. The average Bonchev–Trinajstić information content (AvgIpc) is 2.86. The van der Waals surface area contributed by atoms with Gasteiger partial charge in [0.25, 0.3) is 0 Å². The topological polar surface area (TPSA) is 93.4 Å². The van der Waals surface area contributed by atoms with E-state index in [0.29, 0.717) is 21.2 Å². The number of nitrogens with one attached hydrogen (secondary N) is 1. The van der Waals surface area contributed by atoms with E-state index in [-0.39, 0.29) is 5.95 Å². The predicted octanol–water partition coefficient (Wildman–Crippen LogP) is 2.50. The fourth-order valence-electron chi connectivity index (χ4n) is 1.60. The van der Waals surface area contributed by atoms with E-state index in [9.17, 15) is 13.2 Å². The van der Waals surface area contributed by atoms with Gasteiger partial charge in [-0.05, 0) is 23.9 Å². The van der Waals surface area contributed by atoms with Crippen molar-refractivity contribution in [2.75, 3.05) is 5.73 Å². The van der Waals surface area contributed by atoms with Crippen LogP contribution in [0.15, 0.2) is 34.7 Å². The normalized spacial score (nSPS) is 12.0. The Morgan fingerprint density at radius 3 is 2.62 bits per heavy atom. The van der Waals surface area contributed by atoms with Gasteiger partial charge in [-0.2, -0.15) is 18.2 Å². The number of nitrogens with two attached hydrogens (primary N) is 1. The van der Waals surface area contributed by atoms with Gasteiger partial charge < -0.3 is 10.7 Å². The zero-order valence-corrected chi connectivity index (χ0v) is 11.0. The van der Waals surface area contributed by atoms with Crippen molar-refractivity contribution in [1.82, 2.24) is 24.9 Å². The van der Waals surface area contributed by atoms with Gasteiger partial charge in [-0.15, -0.1) is 0 Å². The van der Waals surface area contributed by atoms with E-state index in [2.05, 4.69) is 24.9 Å². The molecule has 0 aliphatic heterocycles. The van der Waals surface area contributed by atoms with E-state index in [1.807, 2.05) is 0 Å². The summed E-state index contributed by atoms with van der Waals surface area (Å²) in [7, 11) is 0. The molecular formula is C11H7F3N6S. The summed E-state index contributed by atoms with van der Waals surface area (Å²) < 4.78 is 37.4. The number of hydrogen-bond acceptors (Lipinski definition) is 6. The van der Waals surface area contributed by atoms with Crippen LogP contribution >= 0.6 is 11.8 Å². The first-order chi connectivity index (χ1) is 9.93. The van der Waals surface area contributed by atoms with Gasteiger partial charge in [0.2, 0.25) is 5.95 Å². The number of fused-ring (bicyclic) bond motifs is 1. The summed E-state index contributed by atoms with van der Waals surface area (Å²) in [6, 6.07) is 2.23. The number of anilines is 1. The molecule has 0 aromatic carbocycles. The second-order valence-electron chi connectivity index (χ2n) is 3.97. The van der Waals surface area contributed by atoms with Gasteiger partial charge in [-0.25, -0.2) is 15.0 Å². The van der Waals surface area contributed by atoms with E-state index >= 15 is 0 Å². The van der Waals surface area contributed by atoms with Gasteiger partial charge in [0.05, 0.1) is 11.9 Å². The number of halogens is 3. The molecular weight excluding hydrogens is 305 g/mol. The molecule has 0 atom stereocenters. The van der Waals surface area contributed by atoms with Crippen LogP contribution in [0.4, 0.5) is 19.1 Å². The number of aromatic nitrogens is 5. The minimum atomic E-state index is -4.41. The summed E-state index contributed by atoms with van der Waals surface area (Å²) in [6.07, 6.45) is -2.20. The van der Waals surface area contributed by atoms with Crippen molar-refractivity contribution in [3.8, 4) is 0 Å². The van der Waals surface area contributed by atoms with E-state index in [1.165, 1.54) is 12.4 Å². The highest BCUT2D eigenvalue weighted by molar-refractivity contribution is 7.99. The lowest BCUT2D eigenvalue weighted by Crippen LogP contribution is -2.05. The molecule has 3 heterocycles. The van der Waals surface area contributed by atoms with Crippen LogP contribution < -0.4 is 5.73 Å². The van der Waals surface area contributed by atoms with Crippen molar-refractivity contribution in [3.05, 3.63) is 30.2 Å². The predicted molar refractivity (Wildman–Crippen MR) is 69.5 cm³/mol. The van der Waals surface area contributed by atoms with Crippen LogP contribution in [-0.4, -0.2) is 24.9 Å². The molecule has 0 fully saturated rings. The van der Waals surface area contributed by atoms with Gasteiger partial charge in [0, 0.05) is 6.20 Å². The number of hydrogen-bond donors (Lipinski definition) is 2.